The second-order valence-electron chi connectivity index (χ2n) is 7.55. The predicted octanol–water partition coefficient (Wildman–Crippen LogP) is 4.29. The van der Waals surface area contributed by atoms with Gasteiger partial charge in [0.15, 0.2) is 5.17 Å². The molecule has 0 bridgehead atoms. The molecule has 0 spiro atoms. The number of nitrogens with zero attached hydrogens (tertiary/aromatic N) is 3. The van der Waals surface area contributed by atoms with E-state index < -0.39 is 0 Å². The van der Waals surface area contributed by atoms with E-state index in [1.165, 1.54) is 25.3 Å². The van der Waals surface area contributed by atoms with Crippen LogP contribution in [0, 0.1) is 0 Å². The Bertz CT molecular complexity index is 904. The van der Waals surface area contributed by atoms with Crippen LogP contribution in [0.25, 0.3) is 0 Å². The molecule has 29 heavy (non-hydrogen) atoms. The number of ether oxygens (including phenoxy) is 1. The van der Waals surface area contributed by atoms with Gasteiger partial charge in [0.1, 0.15) is 0 Å². The minimum absolute atomic E-state index is 0.139. The van der Waals surface area contributed by atoms with Gasteiger partial charge in [-0.3, -0.25) is 4.79 Å². The lowest BCUT2D eigenvalue weighted by molar-refractivity contribution is -0.136. The number of carbonyl (C=O) groups excluding carboxylic acids is 2. The Balaban J connectivity index is 1.65. The summed E-state index contributed by atoms with van der Waals surface area (Å²) in [4.78, 5) is 34.4. The quantitative estimate of drug-likeness (QED) is 0.666. The number of esters is 1. The molecule has 4 heterocycles. The van der Waals surface area contributed by atoms with Gasteiger partial charge in [-0.1, -0.05) is 11.8 Å². The maximum Gasteiger partial charge on any atom is 0.338 e. The number of likely N-dealkylation sites (tertiary alicyclic amines) is 1. The molecule has 0 aliphatic carbocycles. The summed E-state index contributed by atoms with van der Waals surface area (Å²) in [7, 11) is 1.39. The van der Waals surface area contributed by atoms with Crippen LogP contribution < -0.4 is 0 Å². The standard InChI is InChI=1S/C21H25N3O3S2/c1-13-6-4-5-8-23(13)17(25)10-16-12-29-21-22-14(2)18(20(26)27-3)19(24(16)21)15-7-9-28-11-15/h7,9,11-13,19H,4-6,8,10H2,1-3H3/t13-,19+/m0/s1. The number of allylic oxidation sites excluding steroid dienone is 1. The van der Waals surface area contributed by atoms with Gasteiger partial charge in [-0.05, 0) is 60.9 Å². The van der Waals surface area contributed by atoms with Gasteiger partial charge in [-0.15, -0.1) is 0 Å². The average molecular weight is 432 g/mol. The third-order valence-corrected chi connectivity index (χ3v) is 7.31. The molecule has 0 radical (unpaired) electrons. The molecule has 1 aromatic rings. The van der Waals surface area contributed by atoms with Crippen LogP contribution in [-0.2, 0) is 14.3 Å². The van der Waals surface area contributed by atoms with Gasteiger partial charge in [0, 0.05) is 18.3 Å². The van der Waals surface area contributed by atoms with Crippen molar-refractivity contribution in [2.24, 2.45) is 4.99 Å². The van der Waals surface area contributed by atoms with Gasteiger partial charge in [0.25, 0.3) is 0 Å². The van der Waals surface area contributed by atoms with Crippen molar-refractivity contribution in [1.82, 2.24) is 9.80 Å². The van der Waals surface area contributed by atoms with E-state index in [0.717, 1.165) is 35.8 Å². The lowest BCUT2D eigenvalue weighted by Crippen LogP contribution is -2.43. The molecule has 4 rings (SSSR count). The van der Waals surface area contributed by atoms with Crippen LogP contribution in [-0.4, -0.2) is 46.5 Å². The lowest BCUT2D eigenvalue weighted by atomic mass is 9.95. The minimum atomic E-state index is -0.381. The van der Waals surface area contributed by atoms with Crippen LogP contribution >= 0.6 is 23.1 Å². The Morgan fingerprint density at radius 1 is 1.34 bits per heavy atom. The van der Waals surface area contributed by atoms with Crippen molar-refractivity contribution >= 4 is 40.1 Å². The summed E-state index contributed by atoms with van der Waals surface area (Å²) in [5, 5.41) is 6.84. The number of piperidine rings is 1. The molecule has 3 aliphatic rings. The number of hydrogen-bond acceptors (Lipinski definition) is 7. The number of thioether (sulfide) groups is 1. The fourth-order valence-electron chi connectivity index (χ4n) is 4.21. The van der Waals surface area contributed by atoms with Crippen LogP contribution in [0.4, 0.5) is 0 Å². The van der Waals surface area contributed by atoms with Crippen LogP contribution in [0.2, 0.25) is 0 Å². The molecule has 0 N–H and O–H groups in total. The van der Waals surface area contributed by atoms with Crippen molar-refractivity contribution in [3.63, 3.8) is 0 Å². The van der Waals surface area contributed by atoms with Crippen molar-refractivity contribution in [3.8, 4) is 0 Å². The van der Waals surface area contributed by atoms with E-state index in [4.69, 9.17) is 4.74 Å². The molecule has 0 unspecified atom stereocenters. The van der Waals surface area contributed by atoms with Crippen molar-refractivity contribution in [2.45, 2.75) is 51.6 Å². The Morgan fingerprint density at radius 3 is 2.86 bits per heavy atom. The van der Waals surface area contributed by atoms with Crippen LogP contribution in [0.15, 0.2) is 44.2 Å². The summed E-state index contributed by atoms with van der Waals surface area (Å²) >= 11 is 3.10. The number of fused-ring (bicyclic) bond motifs is 1. The number of rotatable bonds is 4. The van der Waals surface area contributed by atoms with Crippen molar-refractivity contribution in [1.29, 1.82) is 0 Å². The average Bonchev–Trinajstić information content (AvgIpc) is 3.37. The van der Waals surface area contributed by atoms with Crippen molar-refractivity contribution in [2.75, 3.05) is 13.7 Å². The van der Waals surface area contributed by atoms with E-state index in [1.54, 1.807) is 11.3 Å². The number of amides is 1. The third-order valence-electron chi connectivity index (χ3n) is 5.72. The van der Waals surface area contributed by atoms with Gasteiger partial charge in [0.05, 0.1) is 30.8 Å². The Hall–Kier alpha value is -2.06. The zero-order valence-electron chi connectivity index (χ0n) is 16.9. The molecule has 1 saturated heterocycles. The summed E-state index contributed by atoms with van der Waals surface area (Å²) in [6.45, 7) is 4.79. The highest BCUT2D eigenvalue weighted by Crippen LogP contribution is 2.45. The normalized spacial score (nSPS) is 24.2. The topological polar surface area (TPSA) is 62.2 Å². The van der Waals surface area contributed by atoms with Crippen LogP contribution in [0.3, 0.4) is 0 Å². The van der Waals surface area contributed by atoms with E-state index in [2.05, 4.69) is 11.9 Å². The first-order valence-corrected chi connectivity index (χ1v) is 11.7. The van der Waals surface area contributed by atoms with Crippen molar-refractivity contribution < 1.29 is 14.3 Å². The van der Waals surface area contributed by atoms with E-state index >= 15 is 0 Å². The van der Waals surface area contributed by atoms with Gasteiger partial charge in [-0.25, -0.2) is 9.79 Å². The number of carbonyl (C=O) groups is 2. The van der Waals surface area contributed by atoms with Gasteiger partial charge in [-0.2, -0.15) is 11.3 Å². The SMILES string of the molecule is COC(=O)C1=C(C)N=C2SC=C(CC(=O)N3CCCC[C@@H]3C)N2[C@@H]1c1ccsc1. The molecule has 1 fully saturated rings. The molecule has 2 atom stereocenters. The van der Waals surface area contributed by atoms with E-state index in [9.17, 15) is 9.59 Å². The molecule has 0 saturated carbocycles. The second-order valence-corrected chi connectivity index (χ2v) is 9.17. The number of aliphatic imine (C=N–C) groups is 1. The number of thiophene rings is 1. The smallest absolute Gasteiger partial charge is 0.338 e. The molecular weight excluding hydrogens is 406 g/mol. The maximum absolute atomic E-state index is 13.1. The first-order valence-electron chi connectivity index (χ1n) is 9.85. The molecule has 154 valence electrons. The van der Waals surface area contributed by atoms with Gasteiger partial charge < -0.3 is 14.5 Å². The summed E-state index contributed by atoms with van der Waals surface area (Å²) in [6, 6.07) is 1.97. The first-order chi connectivity index (χ1) is 14.0. The van der Waals surface area contributed by atoms with Crippen LogP contribution in [0.1, 0.15) is 51.1 Å². The lowest BCUT2D eigenvalue weighted by Gasteiger charge is -2.37. The number of methoxy groups -OCH3 is 1. The number of hydrogen-bond donors (Lipinski definition) is 0. The largest absolute Gasteiger partial charge is 0.466 e. The van der Waals surface area contributed by atoms with Gasteiger partial charge in [0.2, 0.25) is 5.91 Å². The highest BCUT2D eigenvalue weighted by atomic mass is 32.2. The van der Waals surface area contributed by atoms with E-state index in [-0.39, 0.29) is 24.0 Å². The van der Waals surface area contributed by atoms with E-state index in [1.807, 2.05) is 39.0 Å². The third kappa shape index (κ3) is 3.75. The summed E-state index contributed by atoms with van der Waals surface area (Å²) in [6.07, 6.45) is 3.61. The molecule has 6 nitrogen and oxygen atoms in total. The zero-order valence-corrected chi connectivity index (χ0v) is 18.5. The predicted molar refractivity (Wildman–Crippen MR) is 116 cm³/mol. The second kappa shape index (κ2) is 8.36. The van der Waals surface area contributed by atoms with Crippen LogP contribution in [0.5, 0.6) is 0 Å². The van der Waals surface area contributed by atoms with Gasteiger partial charge >= 0.3 is 5.97 Å². The zero-order chi connectivity index (χ0) is 20.5. The molecule has 1 aromatic heterocycles. The van der Waals surface area contributed by atoms with Crippen molar-refractivity contribution in [3.05, 3.63) is 44.8 Å². The van der Waals surface area contributed by atoms with E-state index in [0.29, 0.717) is 17.7 Å². The minimum Gasteiger partial charge on any atom is -0.466 e. The fourth-order valence-corrected chi connectivity index (χ4v) is 5.85. The molecule has 0 aromatic carbocycles. The highest BCUT2D eigenvalue weighted by Gasteiger charge is 2.41. The summed E-state index contributed by atoms with van der Waals surface area (Å²) < 4.78 is 5.07. The molecule has 1 amide bonds. The molecular formula is C21H25N3O3S2. The molecule has 3 aliphatic heterocycles. The summed E-state index contributed by atoms with van der Waals surface area (Å²) in [5.74, 6) is -0.242. The first kappa shape index (κ1) is 20.2. The summed E-state index contributed by atoms with van der Waals surface area (Å²) in [5.41, 5.74) is 3.09. The fraction of sp³-hybridized carbons (Fsp3) is 0.476. The Kier molecular flexibility index (Phi) is 5.83. The highest BCUT2D eigenvalue weighted by molar-refractivity contribution is 8.16. The monoisotopic (exact) mass is 431 g/mol. The number of amidine groups is 1. The Labute approximate surface area is 179 Å². The maximum atomic E-state index is 13.1. The molecule has 8 heteroatoms. The Morgan fingerprint density at radius 2 is 2.17 bits per heavy atom.